The first kappa shape index (κ1) is 8.05. The molecule has 3 heteroatoms. The Morgan fingerprint density at radius 2 is 2.17 bits per heavy atom. The van der Waals surface area contributed by atoms with Gasteiger partial charge in [0.15, 0.2) is 0 Å². The van der Waals surface area contributed by atoms with E-state index in [0.717, 1.165) is 19.3 Å². The highest BCUT2D eigenvalue weighted by Gasteiger charge is 2.48. The van der Waals surface area contributed by atoms with Crippen molar-refractivity contribution in [3.63, 3.8) is 0 Å². The van der Waals surface area contributed by atoms with Crippen molar-refractivity contribution in [2.24, 2.45) is 17.8 Å². The van der Waals surface area contributed by atoms with Gasteiger partial charge in [-0.25, -0.2) is 0 Å². The Balaban J connectivity index is 2.07. The van der Waals surface area contributed by atoms with Crippen LogP contribution in [0.4, 0.5) is 0 Å². The van der Waals surface area contributed by atoms with E-state index in [-0.39, 0.29) is 23.9 Å². The number of fused-ring (bicyclic) bond motifs is 2. The third kappa shape index (κ3) is 1.04. The molecular formula is C9H14O3. The predicted molar refractivity (Wildman–Crippen MR) is 42.3 cm³/mol. The number of aliphatic hydroxyl groups is 1. The molecule has 0 saturated heterocycles. The molecule has 4 atom stereocenters. The quantitative estimate of drug-likeness (QED) is 0.585. The highest BCUT2D eigenvalue weighted by Crippen LogP contribution is 2.48. The van der Waals surface area contributed by atoms with Crippen molar-refractivity contribution in [3.8, 4) is 0 Å². The first-order valence-corrected chi connectivity index (χ1v) is 4.48. The standard InChI is InChI=1S/C9H14O3/c1-12-9(11)7-3-5-2-6(7)8(10)4-5/h5-8,10H,2-4H2,1H3/t5-,6+,7+,8+/m0/s1. The number of carbonyl (C=O) groups excluding carboxylic acids is 1. The normalized spacial score (nSPS) is 44.8. The summed E-state index contributed by atoms with van der Waals surface area (Å²) in [5.41, 5.74) is 0. The van der Waals surface area contributed by atoms with E-state index in [1.807, 2.05) is 0 Å². The molecule has 2 aliphatic rings. The second-order valence-corrected chi connectivity index (χ2v) is 3.93. The SMILES string of the molecule is COC(=O)[C@@H]1C[C@@H]2C[C@H]1[C@H](O)C2. The molecule has 2 saturated carbocycles. The molecule has 2 bridgehead atoms. The molecule has 2 rings (SSSR count). The highest BCUT2D eigenvalue weighted by atomic mass is 16.5. The smallest absolute Gasteiger partial charge is 0.309 e. The van der Waals surface area contributed by atoms with Crippen LogP contribution in [-0.2, 0) is 9.53 Å². The number of esters is 1. The molecule has 0 aromatic carbocycles. The Morgan fingerprint density at radius 3 is 2.67 bits per heavy atom. The summed E-state index contributed by atoms with van der Waals surface area (Å²) in [6, 6.07) is 0. The van der Waals surface area contributed by atoms with Crippen LogP contribution in [0.5, 0.6) is 0 Å². The van der Waals surface area contributed by atoms with Gasteiger partial charge in [0.05, 0.1) is 19.1 Å². The molecule has 0 aromatic heterocycles. The lowest BCUT2D eigenvalue weighted by Gasteiger charge is -2.23. The van der Waals surface area contributed by atoms with Gasteiger partial charge in [0.2, 0.25) is 0 Å². The van der Waals surface area contributed by atoms with Crippen molar-refractivity contribution in [3.05, 3.63) is 0 Å². The van der Waals surface area contributed by atoms with E-state index < -0.39 is 0 Å². The molecular weight excluding hydrogens is 156 g/mol. The minimum atomic E-state index is -0.257. The third-order valence-electron chi connectivity index (χ3n) is 3.28. The summed E-state index contributed by atoms with van der Waals surface area (Å²) in [7, 11) is 1.42. The largest absolute Gasteiger partial charge is 0.469 e. The zero-order valence-electron chi connectivity index (χ0n) is 7.19. The Morgan fingerprint density at radius 1 is 1.42 bits per heavy atom. The van der Waals surface area contributed by atoms with Crippen LogP contribution in [0.2, 0.25) is 0 Å². The van der Waals surface area contributed by atoms with Crippen molar-refractivity contribution >= 4 is 5.97 Å². The van der Waals surface area contributed by atoms with Crippen LogP contribution >= 0.6 is 0 Å². The molecule has 0 heterocycles. The van der Waals surface area contributed by atoms with Crippen molar-refractivity contribution in [2.75, 3.05) is 7.11 Å². The topological polar surface area (TPSA) is 46.5 Å². The van der Waals surface area contributed by atoms with Gasteiger partial charge in [0, 0.05) is 0 Å². The Kier molecular flexibility index (Phi) is 1.83. The third-order valence-corrected chi connectivity index (χ3v) is 3.28. The Bertz CT molecular complexity index is 202. The van der Waals surface area contributed by atoms with E-state index in [9.17, 15) is 9.90 Å². The summed E-state index contributed by atoms with van der Waals surface area (Å²) in [6.07, 6.45) is 2.57. The van der Waals surface area contributed by atoms with Gasteiger partial charge < -0.3 is 9.84 Å². The molecule has 0 aliphatic heterocycles. The van der Waals surface area contributed by atoms with Gasteiger partial charge in [-0.05, 0) is 31.1 Å². The Hall–Kier alpha value is -0.570. The minimum absolute atomic E-state index is 0.0243. The fraction of sp³-hybridized carbons (Fsp3) is 0.889. The lowest BCUT2D eigenvalue weighted by molar-refractivity contribution is -0.149. The summed E-state index contributed by atoms with van der Waals surface area (Å²) < 4.78 is 4.69. The number of methoxy groups -OCH3 is 1. The minimum Gasteiger partial charge on any atom is -0.469 e. The number of hydrogen-bond donors (Lipinski definition) is 1. The summed E-state index contributed by atoms with van der Waals surface area (Å²) in [5.74, 6) is 0.585. The molecule has 12 heavy (non-hydrogen) atoms. The van der Waals surface area contributed by atoms with Crippen LogP contribution < -0.4 is 0 Å². The Labute approximate surface area is 71.7 Å². The zero-order chi connectivity index (χ0) is 8.72. The number of aliphatic hydroxyl groups excluding tert-OH is 1. The van der Waals surface area contributed by atoms with Gasteiger partial charge in [-0.15, -0.1) is 0 Å². The monoisotopic (exact) mass is 170 g/mol. The number of hydrogen-bond acceptors (Lipinski definition) is 3. The summed E-state index contributed by atoms with van der Waals surface area (Å²) in [4.78, 5) is 11.2. The first-order valence-electron chi connectivity index (χ1n) is 4.48. The van der Waals surface area contributed by atoms with Gasteiger partial charge in [0.1, 0.15) is 0 Å². The van der Waals surface area contributed by atoms with Crippen LogP contribution in [0.1, 0.15) is 19.3 Å². The maximum Gasteiger partial charge on any atom is 0.309 e. The van der Waals surface area contributed by atoms with Crippen LogP contribution in [0.3, 0.4) is 0 Å². The molecule has 2 fully saturated rings. The average Bonchev–Trinajstić information content (AvgIpc) is 2.60. The molecule has 68 valence electrons. The molecule has 0 spiro atoms. The lowest BCUT2D eigenvalue weighted by atomic mass is 9.87. The summed E-state index contributed by atoms with van der Waals surface area (Å²) in [5, 5.41) is 9.53. The van der Waals surface area contributed by atoms with E-state index in [4.69, 9.17) is 0 Å². The second-order valence-electron chi connectivity index (χ2n) is 3.93. The van der Waals surface area contributed by atoms with Crippen molar-refractivity contribution in [1.82, 2.24) is 0 Å². The maximum absolute atomic E-state index is 11.2. The number of ether oxygens (including phenoxy) is 1. The molecule has 2 aliphatic carbocycles. The zero-order valence-corrected chi connectivity index (χ0v) is 7.19. The van der Waals surface area contributed by atoms with Gasteiger partial charge in [0.25, 0.3) is 0 Å². The van der Waals surface area contributed by atoms with E-state index >= 15 is 0 Å². The highest BCUT2D eigenvalue weighted by molar-refractivity contribution is 5.73. The molecule has 1 N–H and O–H groups in total. The number of rotatable bonds is 1. The lowest BCUT2D eigenvalue weighted by Crippen LogP contribution is -2.30. The first-order chi connectivity index (χ1) is 5.72. The van der Waals surface area contributed by atoms with Gasteiger partial charge in [-0.1, -0.05) is 0 Å². The molecule has 3 nitrogen and oxygen atoms in total. The summed E-state index contributed by atoms with van der Waals surface area (Å²) >= 11 is 0. The molecule has 0 unspecified atom stereocenters. The van der Waals surface area contributed by atoms with Crippen molar-refractivity contribution < 1.29 is 14.6 Å². The van der Waals surface area contributed by atoms with Crippen molar-refractivity contribution in [1.29, 1.82) is 0 Å². The van der Waals surface area contributed by atoms with Crippen LogP contribution in [0.25, 0.3) is 0 Å². The number of carbonyl (C=O) groups is 1. The van der Waals surface area contributed by atoms with Crippen molar-refractivity contribution in [2.45, 2.75) is 25.4 Å². The average molecular weight is 170 g/mol. The van der Waals surface area contributed by atoms with Crippen LogP contribution in [-0.4, -0.2) is 24.3 Å². The van der Waals surface area contributed by atoms with Gasteiger partial charge in [-0.2, -0.15) is 0 Å². The summed E-state index contributed by atoms with van der Waals surface area (Å²) in [6.45, 7) is 0. The van der Waals surface area contributed by atoms with E-state index in [1.165, 1.54) is 7.11 Å². The van der Waals surface area contributed by atoms with Gasteiger partial charge in [-0.3, -0.25) is 4.79 Å². The fourth-order valence-electron chi connectivity index (χ4n) is 2.74. The van der Waals surface area contributed by atoms with E-state index in [2.05, 4.69) is 4.74 Å². The second kappa shape index (κ2) is 2.73. The van der Waals surface area contributed by atoms with Crippen LogP contribution in [0, 0.1) is 17.8 Å². The van der Waals surface area contributed by atoms with Crippen LogP contribution in [0.15, 0.2) is 0 Å². The van der Waals surface area contributed by atoms with E-state index in [0.29, 0.717) is 5.92 Å². The predicted octanol–water partition coefficient (Wildman–Crippen LogP) is 0.566. The van der Waals surface area contributed by atoms with E-state index in [1.54, 1.807) is 0 Å². The fourth-order valence-corrected chi connectivity index (χ4v) is 2.74. The molecule has 0 amide bonds. The molecule has 0 aromatic rings. The molecule has 0 radical (unpaired) electrons. The van der Waals surface area contributed by atoms with Gasteiger partial charge >= 0.3 is 5.97 Å². The maximum atomic E-state index is 11.2.